The van der Waals surface area contributed by atoms with E-state index < -0.39 is 0 Å². The van der Waals surface area contributed by atoms with Gasteiger partial charge in [0.25, 0.3) is 0 Å². The number of morpholine rings is 1. The van der Waals surface area contributed by atoms with Gasteiger partial charge in [0.15, 0.2) is 5.13 Å². The van der Waals surface area contributed by atoms with Crippen molar-refractivity contribution in [2.75, 3.05) is 56.7 Å². The molecule has 2 aromatic carbocycles. The van der Waals surface area contributed by atoms with E-state index in [0.29, 0.717) is 19.6 Å². The molecule has 0 N–H and O–H groups in total. The van der Waals surface area contributed by atoms with Crippen LogP contribution in [0.3, 0.4) is 0 Å². The van der Waals surface area contributed by atoms with Crippen LogP contribution >= 0.6 is 47.1 Å². The summed E-state index contributed by atoms with van der Waals surface area (Å²) in [5.41, 5.74) is 0.832. The quantitative estimate of drug-likeness (QED) is 0.186. The van der Waals surface area contributed by atoms with Gasteiger partial charge in [-0.3, -0.25) is 14.6 Å². The van der Waals surface area contributed by atoms with Gasteiger partial charge in [-0.25, -0.2) is 4.98 Å². The Kier molecular flexibility index (Phi) is 12.1. The van der Waals surface area contributed by atoms with E-state index in [1.165, 1.54) is 4.90 Å². The molecule has 0 spiro atoms. The lowest BCUT2D eigenvalue weighted by Crippen LogP contribution is -2.39. The molecular formula is C26H33Cl2N3O3S2. The van der Waals surface area contributed by atoms with Crippen LogP contribution in [0.15, 0.2) is 47.4 Å². The maximum Gasteiger partial charge on any atom is 0.228 e. The normalized spacial score (nSPS) is 13.9. The number of hydrogen-bond acceptors (Lipinski definition) is 7. The molecule has 1 amide bonds. The largest absolute Gasteiger partial charge is 0.492 e. The first kappa shape index (κ1) is 29.0. The molecule has 2 heterocycles. The summed E-state index contributed by atoms with van der Waals surface area (Å²) in [6, 6.07) is 13.8. The predicted octanol–water partition coefficient (Wildman–Crippen LogP) is 6.40. The van der Waals surface area contributed by atoms with Crippen molar-refractivity contribution >= 4 is 68.4 Å². The molecule has 196 valence electrons. The molecule has 0 saturated carbocycles. The third kappa shape index (κ3) is 8.23. The van der Waals surface area contributed by atoms with E-state index in [0.717, 1.165) is 77.6 Å². The average Bonchev–Trinajstić information content (AvgIpc) is 3.31. The van der Waals surface area contributed by atoms with E-state index in [1.54, 1.807) is 23.1 Å². The molecule has 0 radical (unpaired) electrons. The third-order valence-electron chi connectivity index (χ3n) is 5.78. The monoisotopic (exact) mass is 569 g/mol. The second kappa shape index (κ2) is 15.0. The third-order valence-corrected chi connectivity index (χ3v) is 8.17. The number of benzene rings is 2. The highest BCUT2D eigenvalue weighted by Crippen LogP contribution is 2.34. The Morgan fingerprint density at radius 3 is 2.72 bits per heavy atom. The number of halogens is 2. The summed E-state index contributed by atoms with van der Waals surface area (Å²) in [5.74, 6) is 1.77. The fourth-order valence-corrected chi connectivity index (χ4v) is 5.99. The summed E-state index contributed by atoms with van der Waals surface area (Å²) < 4.78 is 12.3. The van der Waals surface area contributed by atoms with Gasteiger partial charge in [0.2, 0.25) is 5.91 Å². The number of amides is 1. The van der Waals surface area contributed by atoms with Crippen molar-refractivity contribution in [2.45, 2.75) is 31.1 Å². The molecule has 1 fully saturated rings. The van der Waals surface area contributed by atoms with Crippen molar-refractivity contribution in [3.63, 3.8) is 0 Å². The van der Waals surface area contributed by atoms with Crippen LogP contribution < -0.4 is 9.64 Å². The second-order valence-corrected chi connectivity index (χ2v) is 10.9. The van der Waals surface area contributed by atoms with Gasteiger partial charge in [0.05, 0.1) is 24.5 Å². The minimum Gasteiger partial charge on any atom is -0.492 e. The Morgan fingerprint density at radius 2 is 1.97 bits per heavy atom. The SMILES string of the molecule is CCOc1cccc2sc(N(CCCN3CCOCC3)C(=O)CCCSc3ccc(Cl)cc3)nc12.Cl. The van der Waals surface area contributed by atoms with E-state index in [-0.39, 0.29) is 18.3 Å². The van der Waals surface area contributed by atoms with Crippen LogP contribution in [0.5, 0.6) is 5.75 Å². The molecule has 0 aliphatic carbocycles. The van der Waals surface area contributed by atoms with Gasteiger partial charge < -0.3 is 9.47 Å². The molecule has 6 nitrogen and oxygen atoms in total. The first-order valence-corrected chi connectivity index (χ1v) is 14.3. The molecule has 0 atom stereocenters. The molecule has 36 heavy (non-hydrogen) atoms. The number of rotatable bonds is 12. The fourth-order valence-electron chi connectivity index (χ4n) is 3.98. The van der Waals surface area contributed by atoms with Gasteiger partial charge in [-0.2, -0.15) is 0 Å². The molecule has 1 aromatic heterocycles. The van der Waals surface area contributed by atoms with Crippen LogP contribution in [0.2, 0.25) is 5.02 Å². The van der Waals surface area contributed by atoms with Crippen molar-refractivity contribution in [1.82, 2.24) is 9.88 Å². The minimum absolute atomic E-state index is 0. The highest BCUT2D eigenvalue weighted by atomic mass is 35.5. The van der Waals surface area contributed by atoms with Gasteiger partial charge in [-0.15, -0.1) is 24.2 Å². The van der Waals surface area contributed by atoms with Gasteiger partial charge in [0.1, 0.15) is 11.3 Å². The summed E-state index contributed by atoms with van der Waals surface area (Å²) in [7, 11) is 0. The van der Waals surface area contributed by atoms with E-state index in [1.807, 2.05) is 54.3 Å². The standard InChI is InChI=1S/C26H32ClN3O3S2.ClH/c1-2-33-22-6-3-7-23-25(22)28-26(35-23)30(14-5-13-29-15-17-32-18-16-29)24(31)8-4-19-34-21-11-9-20(27)10-12-21;/h3,6-7,9-12H,2,4-5,8,13-19H2,1H3;1H. The Balaban J connectivity index is 0.00000361. The summed E-state index contributed by atoms with van der Waals surface area (Å²) in [6.07, 6.45) is 2.20. The van der Waals surface area contributed by atoms with Gasteiger partial charge in [-0.1, -0.05) is 29.0 Å². The lowest BCUT2D eigenvalue weighted by molar-refractivity contribution is -0.118. The van der Waals surface area contributed by atoms with E-state index in [9.17, 15) is 4.79 Å². The number of para-hydroxylation sites is 1. The Hall–Kier alpha value is -1.55. The number of anilines is 1. The maximum atomic E-state index is 13.4. The number of hydrogen-bond donors (Lipinski definition) is 0. The molecule has 1 aliphatic heterocycles. The first-order valence-electron chi connectivity index (χ1n) is 12.1. The Labute approximate surface area is 232 Å². The number of thiazole rings is 1. The van der Waals surface area contributed by atoms with E-state index >= 15 is 0 Å². The number of aromatic nitrogens is 1. The summed E-state index contributed by atoms with van der Waals surface area (Å²) >= 11 is 9.28. The summed E-state index contributed by atoms with van der Waals surface area (Å²) in [5, 5.41) is 1.49. The van der Waals surface area contributed by atoms with Crippen LogP contribution in [0.1, 0.15) is 26.2 Å². The highest BCUT2D eigenvalue weighted by molar-refractivity contribution is 7.99. The lowest BCUT2D eigenvalue weighted by Gasteiger charge is -2.27. The second-order valence-electron chi connectivity index (χ2n) is 8.29. The van der Waals surface area contributed by atoms with Gasteiger partial charge in [-0.05, 0) is 61.9 Å². The van der Waals surface area contributed by atoms with E-state index in [4.69, 9.17) is 26.1 Å². The molecule has 1 aliphatic rings. The minimum atomic E-state index is 0. The fraction of sp³-hybridized carbons (Fsp3) is 0.462. The summed E-state index contributed by atoms with van der Waals surface area (Å²) in [6.45, 7) is 7.63. The number of carbonyl (C=O) groups excluding carboxylic acids is 1. The Bertz CT molecular complexity index is 1090. The van der Waals surface area contributed by atoms with Gasteiger partial charge >= 0.3 is 0 Å². The zero-order valence-corrected chi connectivity index (χ0v) is 23.7. The van der Waals surface area contributed by atoms with Crippen LogP contribution in [-0.4, -0.2) is 67.5 Å². The number of carbonyl (C=O) groups is 1. The van der Waals surface area contributed by atoms with Gasteiger partial charge in [0, 0.05) is 42.5 Å². The number of nitrogens with zero attached hydrogens (tertiary/aromatic N) is 3. The van der Waals surface area contributed by atoms with Crippen molar-refractivity contribution in [3.05, 3.63) is 47.5 Å². The Morgan fingerprint density at radius 1 is 1.19 bits per heavy atom. The molecule has 0 unspecified atom stereocenters. The van der Waals surface area contributed by atoms with Crippen LogP contribution in [-0.2, 0) is 9.53 Å². The van der Waals surface area contributed by atoms with Crippen LogP contribution in [0.4, 0.5) is 5.13 Å². The molecule has 4 rings (SSSR count). The number of fused-ring (bicyclic) bond motifs is 1. The van der Waals surface area contributed by atoms with Crippen molar-refractivity contribution in [3.8, 4) is 5.75 Å². The highest BCUT2D eigenvalue weighted by Gasteiger charge is 2.21. The zero-order valence-electron chi connectivity index (χ0n) is 20.5. The van der Waals surface area contributed by atoms with Crippen molar-refractivity contribution < 1.29 is 14.3 Å². The van der Waals surface area contributed by atoms with Crippen LogP contribution in [0.25, 0.3) is 10.2 Å². The number of ether oxygens (including phenoxy) is 2. The predicted molar refractivity (Wildman–Crippen MR) is 154 cm³/mol. The van der Waals surface area contributed by atoms with Crippen LogP contribution in [0, 0.1) is 0 Å². The molecule has 1 saturated heterocycles. The van der Waals surface area contributed by atoms with Crippen molar-refractivity contribution in [2.24, 2.45) is 0 Å². The zero-order chi connectivity index (χ0) is 24.5. The maximum absolute atomic E-state index is 13.4. The lowest BCUT2D eigenvalue weighted by atomic mass is 10.2. The van der Waals surface area contributed by atoms with E-state index in [2.05, 4.69) is 4.90 Å². The first-order chi connectivity index (χ1) is 17.1. The topological polar surface area (TPSA) is 54.9 Å². The number of thioether (sulfide) groups is 1. The average molecular weight is 571 g/mol. The smallest absolute Gasteiger partial charge is 0.228 e. The molecule has 0 bridgehead atoms. The molecule has 3 aromatic rings. The molecular weight excluding hydrogens is 537 g/mol. The molecule has 10 heteroatoms. The van der Waals surface area contributed by atoms with Crippen molar-refractivity contribution in [1.29, 1.82) is 0 Å². The summed E-state index contributed by atoms with van der Waals surface area (Å²) in [4.78, 5) is 23.7.